The van der Waals surface area contributed by atoms with Gasteiger partial charge < -0.3 is 4.98 Å². The van der Waals surface area contributed by atoms with Crippen LogP contribution >= 0.6 is 28.1 Å². The molecule has 0 radical (unpaired) electrons. The predicted octanol–water partition coefficient (Wildman–Crippen LogP) is 2.34. The highest BCUT2D eigenvalue weighted by Crippen LogP contribution is 2.03. The maximum Gasteiger partial charge on any atom is 0.110 e. The molecule has 1 heterocycles. The minimum Gasteiger partial charge on any atom is -0.335 e. The van der Waals surface area contributed by atoms with Crippen LogP contribution in [0.25, 0.3) is 0 Å². The van der Waals surface area contributed by atoms with Crippen LogP contribution in [0.1, 0.15) is 11.4 Å². The first-order chi connectivity index (χ1) is 4.74. The molecule has 0 bridgehead atoms. The van der Waals surface area contributed by atoms with Crippen molar-refractivity contribution >= 4 is 28.1 Å². The van der Waals surface area contributed by atoms with Gasteiger partial charge in [-0.25, -0.2) is 4.98 Å². The monoisotopic (exact) mass is 218 g/mol. The van der Waals surface area contributed by atoms with Crippen molar-refractivity contribution in [3.05, 3.63) is 22.2 Å². The molecule has 54 valence electrons. The maximum atomic E-state index is 5.01. The van der Waals surface area contributed by atoms with Crippen LogP contribution in [0.5, 0.6) is 0 Å². The Morgan fingerprint density at radius 1 is 1.80 bits per heavy atom. The second-order valence-corrected chi connectivity index (χ2v) is 2.93. The average Bonchev–Trinajstić information content (AvgIpc) is 1.88. The molecule has 0 spiro atoms. The zero-order valence-electron chi connectivity index (χ0n) is 5.52. The lowest BCUT2D eigenvalue weighted by molar-refractivity contribution is 1.01. The molecule has 1 N–H and O–H groups in total. The van der Waals surface area contributed by atoms with E-state index in [2.05, 4.69) is 25.9 Å². The van der Waals surface area contributed by atoms with E-state index >= 15 is 0 Å². The molecule has 0 aliphatic rings. The molecule has 0 amide bonds. The molecule has 4 heteroatoms. The molecule has 0 saturated heterocycles. The van der Waals surface area contributed by atoms with Gasteiger partial charge in [-0.1, -0.05) is 28.1 Å². The number of aromatic nitrogens is 2. The van der Waals surface area contributed by atoms with Gasteiger partial charge in [0.2, 0.25) is 0 Å². The second kappa shape index (κ2) is 3.25. The number of nitrogens with zero attached hydrogens (tertiary/aromatic N) is 1. The lowest BCUT2D eigenvalue weighted by Gasteiger charge is -1.95. The zero-order chi connectivity index (χ0) is 7.56. The molecule has 0 aliphatic carbocycles. The van der Waals surface area contributed by atoms with Crippen molar-refractivity contribution in [3.8, 4) is 0 Å². The Morgan fingerprint density at radius 2 is 2.50 bits per heavy atom. The number of halogens is 1. The van der Waals surface area contributed by atoms with Gasteiger partial charge in [0.15, 0.2) is 0 Å². The highest BCUT2D eigenvalue weighted by atomic mass is 79.9. The van der Waals surface area contributed by atoms with E-state index in [4.69, 9.17) is 12.2 Å². The summed E-state index contributed by atoms with van der Waals surface area (Å²) >= 11 is 8.32. The summed E-state index contributed by atoms with van der Waals surface area (Å²) in [4.78, 5) is 7.02. The molecular weight excluding hydrogens is 212 g/mol. The Labute approximate surface area is 72.8 Å². The maximum absolute atomic E-state index is 5.01. The third kappa shape index (κ3) is 1.64. The van der Waals surface area contributed by atoms with Crippen LogP contribution in [0.3, 0.4) is 0 Å². The molecule has 0 aliphatic heterocycles. The number of alkyl halides is 1. The largest absolute Gasteiger partial charge is 0.335 e. The van der Waals surface area contributed by atoms with Crippen LogP contribution < -0.4 is 0 Å². The highest BCUT2D eigenvalue weighted by molar-refractivity contribution is 9.08. The SMILES string of the molecule is Cc1ncc(CBr)c(=S)[nH]1. The second-order valence-electron chi connectivity index (χ2n) is 1.96. The summed E-state index contributed by atoms with van der Waals surface area (Å²) in [6, 6.07) is 0. The summed E-state index contributed by atoms with van der Waals surface area (Å²) in [7, 11) is 0. The quantitative estimate of drug-likeness (QED) is 0.580. The number of hydrogen-bond acceptors (Lipinski definition) is 2. The average molecular weight is 219 g/mol. The third-order valence-electron chi connectivity index (χ3n) is 1.14. The molecule has 1 rings (SSSR count). The van der Waals surface area contributed by atoms with Gasteiger partial charge in [-0.2, -0.15) is 0 Å². The Bertz CT molecular complexity index is 281. The molecule has 0 unspecified atom stereocenters. The first-order valence-electron chi connectivity index (χ1n) is 2.85. The van der Waals surface area contributed by atoms with Crippen LogP contribution in [0.15, 0.2) is 6.20 Å². The lowest BCUT2D eigenvalue weighted by atomic mass is 10.4. The summed E-state index contributed by atoms with van der Waals surface area (Å²) in [6.07, 6.45) is 1.78. The van der Waals surface area contributed by atoms with E-state index in [-0.39, 0.29) is 0 Å². The van der Waals surface area contributed by atoms with Crippen LogP contribution in [0.2, 0.25) is 0 Å². The molecule has 10 heavy (non-hydrogen) atoms. The Kier molecular flexibility index (Phi) is 2.56. The van der Waals surface area contributed by atoms with Gasteiger partial charge in [-0.05, 0) is 6.92 Å². The molecule has 1 aromatic heterocycles. The van der Waals surface area contributed by atoms with Crippen molar-refractivity contribution in [2.24, 2.45) is 0 Å². The van der Waals surface area contributed by atoms with Gasteiger partial charge in [0.05, 0.1) is 0 Å². The molecule has 0 aromatic carbocycles. The van der Waals surface area contributed by atoms with Gasteiger partial charge >= 0.3 is 0 Å². The molecule has 0 atom stereocenters. The third-order valence-corrected chi connectivity index (χ3v) is 2.11. The normalized spacial score (nSPS) is 9.80. The molecule has 1 aromatic rings. The number of aromatic amines is 1. The van der Waals surface area contributed by atoms with Crippen molar-refractivity contribution in [2.75, 3.05) is 0 Å². The first kappa shape index (κ1) is 7.88. The van der Waals surface area contributed by atoms with Crippen molar-refractivity contribution in [2.45, 2.75) is 12.3 Å². The topological polar surface area (TPSA) is 28.7 Å². The Hall–Kier alpha value is -0.220. The zero-order valence-corrected chi connectivity index (χ0v) is 7.92. The molecule has 2 nitrogen and oxygen atoms in total. The summed E-state index contributed by atoms with van der Waals surface area (Å²) in [5.74, 6) is 0.856. The minimum atomic E-state index is 0.760. The number of aryl methyl sites for hydroxylation is 1. The Balaban J connectivity index is 3.20. The predicted molar refractivity (Wildman–Crippen MR) is 46.8 cm³/mol. The van der Waals surface area contributed by atoms with E-state index in [0.29, 0.717) is 0 Å². The number of rotatable bonds is 1. The summed E-state index contributed by atoms with van der Waals surface area (Å²) in [5, 5.41) is 0.760. The van der Waals surface area contributed by atoms with Crippen LogP contribution in [0.4, 0.5) is 0 Å². The van der Waals surface area contributed by atoms with E-state index in [1.165, 1.54) is 0 Å². The van der Waals surface area contributed by atoms with Gasteiger partial charge in [0.25, 0.3) is 0 Å². The molecule has 0 fully saturated rings. The molecular formula is C6H7BrN2S. The van der Waals surface area contributed by atoms with Crippen LogP contribution in [-0.2, 0) is 5.33 Å². The van der Waals surface area contributed by atoms with E-state index in [9.17, 15) is 0 Å². The van der Waals surface area contributed by atoms with E-state index in [0.717, 1.165) is 21.4 Å². The van der Waals surface area contributed by atoms with Crippen molar-refractivity contribution in [3.63, 3.8) is 0 Å². The fourth-order valence-electron chi connectivity index (χ4n) is 0.605. The van der Waals surface area contributed by atoms with E-state index < -0.39 is 0 Å². The highest BCUT2D eigenvalue weighted by Gasteiger charge is 1.92. The summed E-state index contributed by atoms with van der Waals surface area (Å²) in [6.45, 7) is 1.88. The summed E-state index contributed by atoms with van der Waals surface area (Å²) in [5.41, 5.74) is 1.03. The van der Waals surface area contributed by atoms with Gasteiger partial charge in [-0.15, -0.1) is 0 Å². The fraction of sp³-hybridized carbons (Fsp3) is 0.333. The fourth-order valence-corrected chi connectivity index (χ4v) is 1.49. The number of H-pyrrole nitrogens is 1. The van der Waals surface area contributed by atoms with E-state index in [1.54, 1.807) is 6.20 Å². The Morgan fingerprint density at radius 3 is 3.00 bits per heavy atom. The standard InChI is InChI=1S/C6H7BrN2S/c1-4-8-3-5(2-7)6(10)9-4/h3H,2H2,1H3,(H,8,9,10). The van der Waals surface area contributed by atoms with Crippen molar-refractivity contribution in [1.82, 2.24) is 9.97 Å². The smallest absolute Gasteiger partial charge is 0.110 e. The van der Waals surface area contributed by atoms with Gasteiger partial charge in [-0.3, -0.25) is 0 Å². The van der Waals surface area contributed by atoms with E-state index in [1.807, 2.05) is 6.92 Å². The van der Waals surface area contributed by atoms with Crippen LogP contribution in [0, 0.1) is 11.6 Å². The first-order valence-corrected chi connectivity index (χ1v) is 4.38. The lowest BCUT2D eigenvalue weighted by Crippen LogP contribution is -1.90. The molecule has 0 saturated carbocycles. The minimum absolute atomic E-state index is 0.760. The number of hydrogen-bond donors (Lipinski definition) is 1. The van der Waals surface area contributed by atoms with Crippen LogP contribution in [-0.4, -0.2) is 9.97 Å². The van der Waals surface area contributed by atoms with Crippen molar-refractivity contribution < 1.29 is 0 Å². The van der Waals surface area contributed by atoms with Gasteiger partial charge in [0, 0.05) is 17.1 Å². The number of nitrogens with one attached hydrogen (secondary N) is 1. The van der Waals surface area contributed by atoms with Crippen molar-refractivity contribution in [1.29, 1.82) is 0 Å². The van der Waals surface area contributed by atoms with Gasteiger partial charge in [0.1, 0.15) is 10.5 Å². The summed E-state index contributed by atoms with van der Waals surface area (Å²) < 4.78 is 0.768.